The molecular weight excluding hydrogens is 180 g/mol. The fourth-order valence-corrected chi connectivity index (χ4v) is 0. The second-order valence-corrected chi connectivity index (χ2v) is 1.34. The summed E-state index contributed by atoms with van der Waals surface area (Å²) < 4.78 is 31.6. The van der Waals surface area contributed by atoms with Crippen molar-refractivity contribution in [2.45, 2.75) is 0 Å². The predicted octanol–water partition coefficient (Wildman–Crippen LogP) is -0.653. The van der Waals surface area contributed by atoms with Gasteiger partial charge in [-0.3, -0.25) is 9.11 Å². The van der Waals surface area contributed by atoms with Crippen molar-refractivity contribution in [2.24, 2.45) is 0 Å². The zero-order chi connectivity index (χ0) is 4.50. The van der Waals surface area contributed by atoms with Gasteiger partial charge in [-0.25, -0.2) is 0 Å². The van der Waals surface area contributed by atoms with Crippen molar-refractivity contribution in [1.82, 2.24) is 0 Å². The van der Waals surface area contributed by atoms with Gasteiger partial charge in [-0.05, 0) is 0 Å². The minimum absolute atomic E-state index is 0. The van der Waals surface area contributed by atoms with E-state index in [0.717, 1.165) is 0 Å². The molecule has 4 nitrogen and oxygen atoms in total. The Balaban J connectivity index is 0. The van der Waals surface area contributed by atoms with Gasteiger partial charge in [0.05, 0.1) is 0 Å². The topological polar surface area (TPSA) is 74.6 Å². The summed E-state index contributed by atoms with van der Waals surface area (Å²) in [5.74, 6) is 0. The van der Waals surface area contributed by atoms with Crippen molar-refractivity contribution in [3.05, 3.63) is 0 Å². The molecule has 0 unspecified atom stereocenters. The van der Waals surface area contributed by atoms with Crippen molar-refractivity contribution >= 4 is 10.4 Å². The predicted molar refractivity (Wildman–Crippen MR) is 14.2 cm³/mol. The van der Waals surface area contributed by atoms with E-state index in [9.17, 15) is 0 Å². The van der Waals surface area contributed by atoms with E-state index in [1.54, 1.807) is 0 Å². The van der Waals surface area contributed by atoms with E-state index in [2.05, 4.69) is 0 Å². The van der Waals surface area contributed by atoms with Crippen LogP contribution in [-0.2, 0) is 10.4 Å². The Hall–Kier alpha value is 1.35. The van der Waals surface area contributed by atoms with E-state index in [1.165, 1.54) is 0 Å². The Morgan fingerprint density at radius 1 is 1.17 bits per heavy atom. The Morgan fingerprint density at radius 3 is 1.17 bits per heavy atom. The maximum absolute atomic E-state index is 8.74. The Bertz CT molecular complexity index is 90.7. The Morgan fingerprint density at radius 2 is 1.17 bits per heavy atom. The summed E-state index contributed by atoms with van der Waals surface area (Å²) in [6, 6.07) is 0. The maximum Gasteiger partial charge on any atom is 0.394 e. The number of hydrogen-bond donors (Lipinski definition) is 2. The van der Waals surface area contributed by atoms with Gasteiger partial charge in [0, 0.05) is 45.5 Å². The van der Waals surface area contributed by atoms with Crippen molar-refractivity contribution in [1.29, 1.82) is 0 Å². The van der Waals surface area contributed by atoms with Gasteiger partial charge in [-0.15, -0.1) is 0 Å². The molecule has 0 aromatic heterocycles. The van der Waals surface area contributed by atoms with E-state index < -0.39 is 10.4 Å². The van der Waals surface area contributed by atoms with Gasteiger partial charge >= 0.3 is 10.4 Å². The molecule has 0 aliphatic heterocycles. The van der Waals surface area contributed by atoms with Crippen LogP contribution < -0.4 is 0 Å². The molecule has 6 heavy (non-hydrogen) atoms. The molecule has 0 saturated carbocycles. The molecule has 0 amide bonds. The third kappa shape index (κ3) is 55.5. The normalized spacial score (nSPS) is 9.67. The molecule has 2 N–H and O–H groups in total. The summed E-state index contributed by atoms with van der Waals surface area (Å²) in [6.07, 6.45) is 0. The number of hydrogen-bond acceptors (Lipinski definition) is 2. The Labute approximate surface area is 72.4 Å². The smallest absolute Gasteiger partial charge is 0.264 e. The molecule has 0 spiro atoms. The summed E-state index contributed by atoms with van der Waals surface area (Å²) in [5, 5.41) is 0. The van der Waals surface area contributed by atoms with Crippen molar-refractivity contribution in [2.75, 3.05) is 0 Å². The van der Waals surface area contributed by atoms with E-state index in [0.29, 0.717) is 0 Å². The standard InChI is InChI=1S/Kr.H2O4S/c;1-5(2,3)4/h;(H2,1,2,3,4). The molecule has 0 bridgehead atoms. The third-order valence-electron chi connectivity index (χ3n) is 0. The maximum atomic E-state index is 8.74. The molecule has 0 saturated heterocycles. The Kier molecular flexibility index (Phi) is 5.81. The average molecular weight is 182 g/mol. The van der Waals surface area contributed by atoms with Crippen molar-refractivity contribution in [3.63, 3.8) is 0 Å². The molecule has 0 rings (SSSR count). The zero-order valence-corrected chi connectivity index (χ0v) is 4.77. The van der Waals surface area contributed by atoms with Crippen LogP contribution in [0.2, 0.25) is 0 Å². The fourth-order valence-electron chi connectivity index (χ4n) is 0. The van der Waals surface area contributed by atoms with Crippen LogP contribution in [0.3, 0.4) is 0 Å². The quantitative estimate of drug-likeness (QED) is 0.488. The van der Waals surface area contributed by atoms with Crippen molar-refractivity contribution in [3.8, 4) is 0 Å². The van der Waals surface area contributed by atoms with Gasteiger partial charge in [-0.2, -0.15) is 8.42 Å². The fraction of sp³-hybridized carbons (Fsp3) is 0. The summed E-state index contributed by atoms with van der Waals surface area (Å²) in [5.41, 5.74) is 0. The van der Waals surface area contributed by atoms with E-state index in [1.807, 2.05) is 0 Å². The number of rotatable bonds is 0. The van der Waals surface area contributed by atoms with Crippen LogP contribution >= 0.6 is 0 Å². The van der Waals surface area contributed by atoms with Crippen LogP contribution in [0.1, 0.15) is 0 Å². The summed E-state index contributed by atoms with van der Waals surface area (Å²) >= 11 is 0. The molecule has 0 aliphatic carbocycles. The monoisotopic (exact) mass is 182 g/mol. The third-order valence-corrected chi connectivity index (χ3v) is 0. The largest absolute Gasteiger partial charge is 0.394 e. The molecule has 0 atom stereocenters. The average Bonchev–Trinajstić information content (AvgIpc) is 0.722. The van der Waals surface area contributed by atoms with Crippen LogP contribution in [0.25, 0.3) is 0 Å². The van der Waals surface area contributed by atoms with Gasteiger partial charge < -0.3 is 0 Å². The van der Waals surface area contributed by atoms with Gasteiger partial charge in [0.1, 0.15) is 0 Å². The van der Waals surface area contributed by atoms with E-state index in [-0.39, 0.29) is 45.5 Å². The second kappa shape index (κ2) is 3.36. The minimum atomic E-state index is -4.67. The zero-order valence-electron chi connectivity index (χ0n) is 2.47. The molecule has 0 fully saturated rings. The first-order chi connectivity index (χ1) is 2.00. The molecule has 0 radical (unpaired) electrons. The van der Waals surface area contributed by atoms with Gasteiger partial charge in [0.25, 0.3) is 0 Å². The molecule has 0 aromatic rings. The summed E-state index contributed by atoms with van der Waals surface area (Å²) in [7, 11) is -4.67. The van der Waals surface area contributed by atoms with Crippen LogP contribution in [0, 0.1) is 45.5 Å². The molecule has 6 heteroatoms. The van der Waals surface area contributed by atoms with Crippen LogP contribution in [-0.4, -0.2) is 17.5 Å². The van der Waals surface area contributed by atoms with Gasteiger partial charge in [0.2, 0.25) is 0 Å². The first-order valence-corrected chi connectivity index (χ1v) is 2.10. The molecular formula is H2KrO4S. The second-order valence-electron chi connectivity index (χ2n) is 0.448. The van der Waals surface area contributed by atoms with Crippen LogP contribution in [0.4, 0.5) is 0 Å². The molecule has 0 heterocycles. The van der Waals surface area contributed by atoms with Gasteiger partial charge in [-0.1, -0.05) is 0 Å². The van der Waals surface area contributed by atoms with Gasteiger partial charge in [0.15, 0.2) is 0 Å². The minimum Gasteiger partial charge on any atom is -0.264 e. The van der Waals surface area contributed by atoms with Crippen LogP contribution in [0.5, 0.6) is 0 Å². The van der Waals surface area contributed by atoms with Crippen LogP contribution in [0.15, 0.2) is 0 Å². The SMILES string of the molecule is O=S(=O)(O)O.[Kr]. The summed E-state index contributed by atoms with van der Waals surface area (Å²) in [6.45, 7) is 0. The van der Waals surface area contributed by atoms with E-state index >= 15 is 0 Å². The molecule has 0 aromatic carbocycles. The molecule has 0 aliphatic rings. The van der Waals surface area contributed by atoms with E-state index in [4.69, 9.17) is 17.5 Å². The molecule has 40 valence electrons. The first-order valence-electron chi connectivity index (χ1n) is 0.698. The summed E-state index contributed by atoms with van der Waals surface area (Å²) in [4.78, 5) is 0. The first kappa shape index (κ1) is 10.4. The van der Waals surface area contributed by atoms with Crippen molar-refractivity contribution < 1.29 is 63.0 Å².